The lowest BCUT2D eigenvalue weighted by atomic mass is 10.1. The summed E-state index contributed by atoms with van der Waals surface area (Å²) in [6.07, 6.45) is 2.64. The Morgan fingerprint density at radius 3 is 2.41 bits per heavy atom. The number of benzene rings is 1. The molecule has 2 heterocycles. The molecule has 0 saturated carbocycles. The molecule has 0 aliphatic rings. The van der Waals surface area contributed by atoms with Crippen molar-refractivity contribution in [3.05, 3.63) is 87.3 Å². The Bertz CT molecular complexity index is 1010. The van der Waals surface area contributed by atoms with E-state index in [0.29, 0.717) is 12.2 Å². The van der Waals surface area contributed by atoms with E-state index in [1.54, 1.807) is 4.68 Å². The lowest BCUT2D eigenvalue weighted by molar-refractivity contribution is 0.0691. The second-order valence-electron chi connectivity index (χ2n) is 6.06. The van der Waals surface area contributed by atoms with Gasteiger partial charge in [0.15, 0.2) is 0 Å². The minimum Gasteiger partial charge on any atom is -0.478 e. The molecule has 0 amide bonds. The van der Waals surface area contributed by atoms with Gasteiger partial charge in [0, 0.05) is 25.6 Å². The summed E-state index contributed by atoms with van der Waals surface area (Å²) in [5.41, 5.74) is 1.96. The quantitative estimate of drug-likeness (QED) is 0.688. The average molecular weight is 371 g/mol. The number of ether oxygens (including phenoxy) is 1. The third-order valence-corrected chi connectivity index (χ3v) is 4.02. The number of carboxylic acid groups (broad SMARTS) is 1. The lowest BCUT2D eigenvalue weighted by Gasteiger charge is -2.07. The van der Waals surface area contributed by atoms with Gasteiger partial charge in [-0.05, 0) is 17.2 Å². The fourth-order valence-corrected chi connectivity index (χ4v) is 2.72. The molecule has 1 N–H and O–H groups in total. The average Bonchev–Trinajstić information content (AvgIpc) is 3.03. The summed E-state index contributed by atoms with van der Waals surface area (Å²) < 4.78 is 21.1. The Hall–Kier alpha value is -3.26. The molecule has 0 radical (unpaired) electrons. The van der Waals surface area contributed by atoms with Crippen LogP contribution in [-0.2, 0) is 24.4 Å². The van der Waals surface area contributed by atoms with Crippen molar-refractivity contribution in [1.82, 2.24) is 14.3 Å². The van der Waals surface area contributed by atoms with Crippen LogP contribution in [-0.4, -0.2) is 32.5 Å². The monoisotopic (exact) mass is 371 g/mol. The number of nitrogens with zero attached hydrogens (tertiary/aromatic N) is 3. The van der Waals surface area contributed by atoms with Gasteiger partial charge in [0.2, 0.25) is 0 Å². The zero-order valence-electron chi connectivity index (χ0n) is 14.6. The minimum absolute atomic E-state index is 0.110. The Kier molecular flexibility index (Phi) is 5.46. The van der Waals surface area contributed by atoms with Gasteiger partial charge in [-0.1, -0.05) is 24.3 Å². The molecule has 140 valence electrons. The van der Waals surface area contributed by atoms with E-state index in [0.717, 1.165) is 17.2 Å². The SMILES string of the molecule is COCc1nn(Cc2ccc(Cn3cc(F)ccc3=O)cc2)cc1C(=O)O. The van der Waals surface area contributed by atoms with Crippen LogP contribution in [0.5, 0.6) is 0 Å². The Morgan fingerprint density at radius 2 is 1.78 bits per heavy atom. The summed E-state index contributed by atoms with van der Waals surface area (Å²) in [7, 11) is 1.48. The fraction of sp³-hybridized carbons (Fsp3) is 0.211. The van der Waals surface area contributed by atoms with Crippen LogP contribution in [0.1, 0.15) is 27.2 Å². The van der Waals surface area contributed by atoms with E-state index in [2.05, 4.69) is 5.10 Å². The highest BCUT2D eigenvalue weighted by molar-refractivity contribution is 5.88. The van der Waals surface area contributed by atoms with E-state index in [-0.39, 0.29) is 24.3 Å². The maximum atomic E-state index is 13.3. The maximum absolute atomic E-state index is 13.3. The molecule has 3 aromatic rings. The normalized spacial score (nSPS) is 10.9. The smallest absolute Gasteiger partial charge is 0.339 e. The van der Waals surface area contributed by atoms with Gasteiger partial charge in [0.25, 0.3) is 5.56 Å². The largest absolute Gasteiger partial charge is 0.478 e. The first-order chi connectivity index (χ1) is 13.0. The maximum Gasteiger partial charge on any atom is 0.339 e. The van der Waals surface area contributed by atoms with E-state index in [1.807, 2.05) is 24.3 Å². The predicted molar refractivity (Wildman–Crippen MR) is 95.2 cm³/mol. The van der Waals surface area contributed by atoms with Crippen LogP contribution in [0.4, 0.5) is 4.39 Å². The third-order valence-electron chi connectivity index (χ3n) is 4.02. The number of halogens is 1. The summed E-state index contributed by atoms with van der Waals surface area (Å²) in [6.45, 7) is 0.778. The molecule has 0 aliphatic heterocycles. The number of aromatic nitrogens is 3. The number of carboxylic acids is 1. The van der Waals surface area contributed by atoms with Gasteiger partial charge < -0.3 is 14.4 Å². The Balaban J connectivity index is 1.74. The summed E-state index contributed by atoms with van der Waals surface area (Å²) in [6, 6.07) is 9.72. The van der Waals surface area contributed by atoms with Crippen molar-refractivity contribution in [2.24, 2.45) is 0 Å². The van der Waals surface area contributed by atoms with Crippen molar-refractivity contribution >= 4 is 5.97 Å². The summed E-state index contributed by atoms with van der Waals surface area (Å²) >= 11 is 0. The lowest BCUT2D eigenvalue weighted by Crippen LogP contribution is -2.19. The first-order valence-electron chi connectivity index (χ1n) is 8.18. The molecular formula is C19H18FN3O4. The molecule has 7 nitrogen and oxygen atoms in total. The second kappa shape index (κ2) is 7.96. The van der Waals surface area contributed by atoms with Crippen molar-refractivity contribution in [3.8, 4) is 0 Å². The van der Waals surface area contributed by atoms with Gasteiger partial charge >= 0.3 is 5.97 Å². The Morgan fingerprint density at radius 1 is 1.11 bits per heavy atom. The fourth-order valence-electron chi connectivity index (χ4n) is 2.72. The summed E-state index contributed by atoms with van der Waals surface area (Å²) in [5.74, 6) is -1.52. The molecule has 0 bridgehead atoms. The van der Waals surface area contributed by atoms with Gasteiger partial charge in [0.1, 0.15) is 17.1 Å². The molecular weight excluding hydrogens is 353 g/mol. The molecule has 0 spiro atoms. The number of hydrogen-bond acceptors (Lipinski definition) is 4. The first-order valence-corrected chi connectivity index (χ1v) is 8.18. The molecule has 0 aliphatic carbocycles. The molecule has 1 aromatic carbocycles. The van der Waals surface area contributed by atoms with Crippen LogP contribution in [0.2, 0.25) is 0 Å². The molecule has 8 heteroatoms. The van der Waals surface area contributed by atoms with Crippen molar-refractivity contribution in [2.45, 2.75) is 19.7 Å². The molecule has 0 fully saturated rings. The van der Waals surface area contributed by atoms with Crippen molar-refractivity contribution in [3.63, 3.8) is 0 Å². The van der Waals surface area contributed by atoms with Gasteiger partial charge in [-0.25, -0.2) is 9.18 Å². The standard InChI is InChI=1S/C19H18FN3O4/c1-27-12-17-16(19(25)26)11-23(21-17)9-14-4-2-13(3-5-14)8-22-10-15(20)6-7-18(22)24/h2-7,10-11H,8-9,12H2,1H3,(H,25,26). The van der Waals surface area contributed by atoms with Crippen LogP contribution < -0.4 is 5.56 Å². The predicted octanol–water partition coefficient (Wildman–Crippen LogP) is 2.13. The zero-order chi connectivity index (χ0) is 19.4. The minimum atomic E-state index is -1.05. The summed E-state index contributed by atoms with van der Waals surface area (Å²) in [5, 5.41) is 13.5. The summed E-state index contributed by atoms with van der Waals surface area (Å²) in [4.78, 5) is 23.0. The molecule has 2 aromatic heterocycles. The van der Waals surface area contributed by atoms with Crippen molar-refractivity contribution in [2.75, 3.05) is 7.11 Å². The van der Waals surface area contributed by atoms with E-state index in [4.69, 9.17) is 4.74 Å². The highest BCUT2D eigenvalue weighted by Crippen LogP contribution is 2.12. The molecule has 0 atom stereocenters. The third kappa shape index (κ3) is 4.48. The number of methoxy groups -OCH3 is 1. The van der Waals surface area contributed by atoms with Gasteiger partial charge in [-0.3, -0.25) is 9.48 Å². The van der Waals surface area contributed by atoms with Crippen molar-refractivity contribution < 1.29 is 19.0 Å². The van der Waals surface area contributed by atoms with Crippen LogP contribution in [0.25, 0.3) is 0 Å². The van der Waals surface area contributed by atoms with Gasteiger partial charge in [0.05, 0.1) is 19.7 Å². The van der Waals surface area contributed by atoms with Crippen LogP contribution in [0, 0.1) is 5.82 Å². The number of pyridine rings is 1. The molecule has 3 rings (SSSR count). The van der Waals surface area contributed by atoms with E-state index in [1.165, 1.54) is 30.1 Å². The van der Waals surface area contributed by atoms with Crippen molar-refractivity contribution in [1.29, 1.82) is 0 Å². The second-order valence-corrected chi connectivity index (χ2v) is 6.06. The molecule has 27 heavy (non-hydrogen) atoms. The zero-order valence-corrected chi connectivity index (χ0v) is 14.6. The number of rotatable bonds is 7. The number of hydrogen-bond donors (Lipinski definition) is 1. The van der Waals surface area contributed by atoms with Gasteiger partial charge in [-0.15, -0.1) is 0 Å². The first kappa shape index (κ1) is 18.5. The van der Waals surface area contributed by atoms with E-state index >= 15 is 0 Å². The van der Waals surface area contributed by atoms with Crippen LogP contribution in [0.3, 0.4) is 0 Å². The Labute approximate surface area is 154 Å². The highest BCUT2D eigenvalue weighted by Gasteiger charge is 2.15. The van der Waals surface area contributed by atoms with Gasteiger partial charge in [-0.2, -0.15) is 5.10 Å². The molecule has 0 unspecified atom stereocenters. The topological polar surface area (TPSA) is 86.4 Å². The van der Waals surface area contributed by atoms with Crippen LogP contribution >= 0.6 is 0 Å². The van der Waals surface area contributed by atoms with E-state index < -0.39 is 11.8 Å². The van der Waals surface area contributed by atoms with Crippen LogP contribution in [0.15, 0.2) is 53.6 Å². The van der Waals surface area contributed by atoms with E-state index in [9.17, 15) is 19.1 Å². The number of carbonyl (C=O) groups is 1. The highest BCUT2D eigenvalue weighted by atomic mass is 19.1. The number of aromatic carboxylic acids is 1. The molecule has 0 saturated heterocycles.